The Balaban J connectivity index is 1.81. The molecule has 0 bridgehead atoms. The maximum atomic E-state index is 11.7. The van der Waals surface area contributed by atoms with Crippen LogP contribution in [0.1, 0.15) is 5.56 Å². The van der Waals surface area contributed by atoms with Gasteiger partial charge in [0.2, 0.25) is 0 Å². The fourth-order valence-electron chi connectivity index (χ4n) is 1.86. The van der Waals surface area contributed by atoms with Crippen molar-refractivity contribution in [3.8, 4) is 0 Å². The van der Waals surface area contributed by atoms with Crippen molar-refractivity contribution >= 4 is 34.9 Å². The number of nitrogens with one attached hydrogen (secondary N) is 1. The highest BCUT2D eigenvalue weighted by Crippen LogP contribution is 2.16. The van der Waals surface area contributed by atoms with Crippen molar-refractivity contribution in [3.05, 3.63) is 69.2 Å². The van der Waals surface area contributed by atoms with E-state index in [2.05, 4.69) is 5.32 Å². The molecule has 1 amide bonds. The lowest BCUT2D eigenvalue weighted by Crippen LogP contribution is -2.21. The number of rotatable bonds is 6. The second-order valence-corrected chi connectivity index (χ2v) is 5.19. The van der Waals surface area contributed by atoms with Gasteiger partial charge in [-0.25, -0.2) is 0 Å². The van der Waals surface area contributed by atoms with Crippen molar-refractivity contribution in [2.75, 3.05) is 11.9 Å². The van der Waals surface area contributed by atoms with Crippen LogP contribution in [0.3, 0.4) is 0 Å². The summed E-state index contributed by atoms with van der Waals surface area (Å²) < 4.78 is 4.88. The molecule has 0 spiro atoms. The maximum absolute atomic E-state index is 11.7. The Bertz CT molecular complexity index is 761. The van der Waals surface area contributed by atoms with Gasteiger partial charge >= 0.3 is 5.97 Å². The Morgan fingerprint density at radius 2 is 1.79 bits per heavy atom. The highest BCUT2D eigenvalue weighted by molar-refractivity contribution is 6.31. The fourth-order valence-corrected chi connectivity index (χ4v) is 2.06. The summed E-state index contributed by atoms with van der Waals surface area (Å²) in [7, 11) is 0. The first-order chi connectivity index (χ1) is 11.5. The number of ether oxygens (including phenoxy) is 1. The average molecular weight is 349 g/mol. The Kier molecular flexibility index (Phi) is 5.86. The average Bonchev–Trinajstić information content (AvgIpc) is 2.55. The lowest BCUT2D eigenvalue weighted by molar-refractivity contribution is -0.384. The first kappa shape index (κ1) is 17.4. The molecule has 2 aromatic rings. The van der Waals surface area contributed by atoms with Gasteiger partial charge < -0.3 is 10.1 Å². The molecule has 2 aromatic carbocycles. The number of amides is 1. The van der Waals surface area contributed by atoms with E-state index in [0.29, 0.717) is 16.3 Å². The molecule has 0 fully saturated rings. The van der Waals surface area contributed by atoms with Crippen LogP contribution in [-0.2, 0) is 20.7 Å². The molecular formula is C16H13ClN2O5. The summed E-state index contributed by atoms with van der Waals surface area (Å²) >= 11 is 5.94. The number of carbonyl (C=O) groups is 2. The highest BCUT2D eigenvalue weighted by Gasteiger charge is 2.11. The number of halogens is 1. The van der Waals surface area contributed by atoms with Gasteiger partial charge in [0.1, 0.15) is 0 Å². The zero-order chi connectivity index (χ0) is 17.5. The number of carbonyl (C=O) groups excluding carboxylic acids is 2. The van der Waals surface area contributed by atoms with E-state index in [1.807, 2.05) is 0 Å². The molecule has 0 unspecified atom stereocenters. The zero-order valence-corrected chi connectivity index (χ0v) is 13.2. The van der Waals surface area contributed by atoms with Crippen molar-refractivity contribution < 1.29 is 19.2 Å². The van der Waals surface area contributed by atoms with Crippen LogP contribution >= 0.6 is 11.6 Å². The monoisotopic (exact) mass is 348 g/mol. The van der Waals surface area contributed by atoms with Crippen molar-refractivity contribution in [1.82, 2.24) is 0 Å². The second kappa shape index (κ2) is 8.07. The summed E-state index contributed by atoms with van der Waals surface area (Å²) in [6.45, 7) is -0.458. The summed E-state index contributed by atoms with van der Waals surface area (Å²) in [6, 6.07) is 12.2. The van der Waals surface area contributed by atoms with E-state index in [0.717, 1.165) is 0 Å². The minimum Gasteiger partial charge on any atom is -0.455 e. The van der Waals surface area contributed by atoms with Crippen molar-refractivity contribution in [1.29, 1.82) is 0 Å². The third-order valence-corrected chi connectivity index (χ3v) is 3.39. The first-order valence-electron chi connectivity index (χ1n) is 6.89. The van der Waals surface area contributed by atoms with E-state index in [-0.39, 0.29) is 12.1 Å². The molecule has 0 aliphatic heterocycles. The molecule has 0 saturated heterocycles. The van der Waals surface area contributed by atoms with Crippen LogP contribution in [0, 0.1) is 10.1 Å². The number of benzene rings is 2. The van der Waals surface area contributed by atoms with Crippen LogP contribution < -0.4 is 5.32 Å². The third kappa shape index (κ3) is 5.06. The van der Waals surface area contributed by atoms with Gasteiger partial charge in [0.25, 0.3) is 11.6 Å². The van der Waals surface area contributed by atoms with Crippen LogP contribution in [0.5, 0.6) is 0 Å². The lowest BCUT2D eigenvalue weighted by atomic mass is 10.1. The Morgan fingerprint density at radius 3 is 2.42 bits per heavy atom. The summed E-state index contributed by atoms with van der Waals surface area (Å²) in [5, 5.41) is 13.5. The molecule has 8 heteroatoms. The topological polar surface area (TPSA) is 98.5 Å². The van der Waals surface area contributed by atoms with Gasteiger partial charge in [-0.3, -0.25) is 19.7 Å². The van der Waals surface area contributed by atoms with Crippen LogP contribution in [0.2, 0.25) is 5.02 Å². The summed E-state index contributed by atoms with van der Waals surface area (Å²) in [5.41, 5.74) is 0.895. The number of non-ortho nitro benzene ring substituents is 1. The van der Waals surface area contributed by atoms with Crippen LogP contribution in [0.4, 0.5) is 11.4 Å². The molecule has 24 heavy (non-hydrogen) atoms. The normalized spacial score (nSPS) is 10.0. The number of nitrogens with zero attached hydrogens (tertiary/aromatic N) is 1. The Labute approximate surface area is 142 Å². The summed E-state index contributed by atoms with van der Waals surface area (Å²) in [6.07, 6.45) is -0.0372. The van der Waals surface area contributed by atoms with Gasteiger partial charge in [0, 0.05) is 22.8 Å². The molecule has 7 nitrogen and oxygen atoms in total. The zero-order valence-electron chi connectivity index (χ0n) is 12.4. The van der Waals surface area contributed by atoms with E-state index in [9.17, 15) is 19.7 Å². The molecule has 0 heterocycles. The van der Waals surface area contributed by atoms with E-state index in [4.69, 9.17) is 16.3 Å². The second-order valence-electron chi connectivity index (χ2n) is 4.78. The molecule has 1 N–H and O–H groups in total. The van der Waals surface area contributed by atoms with Crippen LogP contribution in [0.15, 0.2) is 48.5 Å². The molecule has 0 aliphatic carbocycles. The minimum atomic E-state index is -0.582. The van der Waals surface area contributed by atoms with Gasteiger partial charge in [0.15, 0.2) is 6.61 Å². The number of nitro benzene ring substituents is 1. The predicted octanol–water partition coefficient (Wildman–Crippen LogP) is 2.97. The van der Waals surface area contributed by atoms with E-state index >= 15 is 0 Å². The van der Waals surface area contributed by atoms with Crippen molar-refractivity contribution in [3.63, 3.8) is 0 Å². The molecule has 124 valence electrons. The molecule has 0 aliphatic rings. The Morgan fingerprint density at radius 1 is 1.12 bits per heavy atom. The molecular weight excluding hydrogens is 336 g/mol. The van der Waals surface area contributed by atoms with Gasteiger partial charge in [-0.1, -0.05) is 29.8 Å². The number of esters is 1. The van der Waals surface area contributed by atoms with Gasteiger partial charge in [-0.2, -0.15) is 0 Å². The fraction of sp³-hybridized carbons (Fsp3) is 0.125. The molecule has 2 rings (SSSR count). The standard InChI is InChI=1S/C16H13ClN2O5/c17-14-4-2-1-3-11(14)9-16(21)24-10-15(20)18-12-5-7-13(8-6-12)19(22)23/h1-8H,9-10H2,(H,18,20). The first-order valence-corrected chi connectivity index (χ1v) is 7.27. The maximum Gasteiger partial charge on any atom is 0.310 e. The predicted molar refractivity (Wildman–Crippen MR) is 87.8 cm³/mol. The molecule has 0 radical (unpaired) electrons. The molecule has 0 atom stereocenters. The number of anilines is 1. The summed E-state index contributed by atoms with van der Waals surface area (Å²) in [5.74, 6) is -1.13. The van der Waals surface area contributed by atoms with Crippen LogP contribution in [0.25, 0.3) is 0 Å². The van der Waals surface area contributed by atoms with Gasteiger partial charge in [-0.05, 0) is 23.8 Å². The van der Waals surface area contributed by atoms with Crippen molar-refractivity contribution in [2.24, 2.45) is 0 Å². The largest absolute Gasteiger partial charge is 0.455 e. The Hall–Kier alpha value is -2.93. The van der Waals surface area contributed by atoms with E-state index < -0.39 is 23.4 Å². The van der Waals surface area contributed by atoms with Crippen LogP contribution in [-0.4, -0.2) is 23.4 Å². The van der Waals surface area contributed by atoms with E-state index in [1.54, 1.807) is 24.3 Å². The lowest BCUT2D eigenvalue weighted by Gasteiger charge is -2.07. The van der Waals surface area contributed by atoms with E-state index in [1.165, 1.54) is 24.3 Å². The third-order valence-electron chi connectivity index (χ3n) is 3.02. The summed E-state index contributed by atoms with van der Waals surface area (Å²) in [4.78, 5) is 33.4. The highest BCUT2D eigenvalue weighted by atomic mass is 35.5. The van der Waals surface area contributed by atoms with Gasteiger partial charge in [-0.15, -0.1) is 0 Å². The number of nitro groups is 1. The minimum absolute atomic E-state index is 0.0372. The number of hydrogen-bond acceptors (Lipinski definition) is 5. The quantitative estimate of drug-likeness (QED) is 0.491. The SMILES string of the molecule is O=C(COC(=O)Cc1ccccc1Cl)Nc1ccc([N+](=O)[O-])cc1. The number of hydrogen-bond donors (Lipinski definition) is 1. The smallest absolute Gasteiger partial charge is 0.310 e. The molecule has 0 saturated carbocycles. The van der Waals surface area contributed by atoms with Crippen molar-refractivity contribution in [2.45, 2.75) is 6.42 Å². The van der Waals surface area contributed by atoms with Gasteiger partial charge in [0.05, 0.1) is 11.3 Å². The molecule has 0 aromatic heterocycles.